The van der Waals surface area contributed by atoms with E-state index in [9.17, 15) is 0 Å². The van der Waals surface area contributed by atoms with Crippen molar-refractivity contribution in [2.24, 2.45) is 10.9 Å². The maximum Gasteiger partial charge on any atom is 0.231 e. The molecule has 1 aliphatic rings. The molecule has 1 saturated heterocycles. The Morgan fingerprint density at radius 2 is 1.91 bits per heavy atom. The van der Waals surface area contributed by atoms with Crippen molar-refractivity contribution in [1.29, 1.82) is 5.41 Å². The van der Waals surface area contributed by atoms with Crippen LogP contribution >= 0.6 is 0 Å². The summed E-state index contributed by atoms with van der Waals surface area (Å²) < 4.78 is 5.48. The van der Waals surface area contributed by atoms with Crippen LogP contribution in [0.4, 0.5) is 0 Å². The van der Waals surface area contributed by atoms with Gasteiger partial charge >= 0.3 is 0 Å². The van der Waals surface area contributed by atoms with Crippen molar-refractivity contribution in [1.82, 2.24) is 15.0 Å². The molecule has 1 atom stereocenters. The van der Waals surface area contributed by atoms with E-state index in [-0.39, 0.29) is 11.9 Å². The van der Waals surface area contributed by atoms with Gasteiger partial charge in [-0.15, -0.1) is 0 Å². The van der Waals surface area contributed by atoms with Gasteiger partial charge in [-0.25, -0.2) is 0 Å². The van der Waals surface area contributed by atoms with Crippen molar-refractivity contribution in [2.75, 3.05) is 19.7 Å². The Morgan fingerprint density at radius 1 is 1.19 bits per heavy atom. The average molecular weight is 441 g/mol. The minimum Gasteiger partial charge on any atom is -0.396 e. The summed E-state index contributed by atoms with van der Waals surface area (Å²) in [4.78, 5) is 11.9. The van der Waals surface area contributed by atoms with Crippen LogP contribution in [0.3, 0.4) is 0 Å². The predicted octanol–water partition coefficient (Wildman–Crippen LogP) is 4.91. The molecule has 2 aromatic rings. The fraction of sp³-hybridized carbons (Fsp3) is 0.583. The van der Waals surface area contributed by atoms with E-state index in [2.05, 4.69) is 22.2 Å². The van der Waals surface area contributed by atoms with Gasteiger partial charge in [0.2, 0.25) is 11.7 Å². The number of rotatable bonds is 12. The van der Waals surface area contributed by atoms with Crippen LogP contribution in [0.15, 0.2) is 33.9 Å². The van der Waals surface area contributed by atoms with Crippen molar-refractivity contribution in [2.45, 2.75) is 71.1 Å². The van der Waals surface area contributed by atoms with E-state index in [4.69, 9.17) is 20.5 Å². The van der Waals surface area contributed by atoms with Gasteiger partial charge < -0.3 is 20.0 Å². The van der Waals surface area contributed by atoms with Gasteiger partial charge in [-0.1, -0.05) is 73.6 Å². The normalized spacial score (nSPS) is 16.5. The molecule has 0 spiro atoms. The number of hydrogen-bond donors (Lipinski definition) is 2. The Hall–Kier alpha value is -2.90. The Morgan fingerprint density at radius 3 is 2.59 bits per heavy atom. The average Bonchev–Trinajstić information content (AvgIpc) is 3.48. The van der Waals surface area contributed by atoms with Gasteiger partial charge in [0.25, 0.3) is 0 Å². The molecular formula is C24H36N6O2. The summed E-state index contributed by atoms with van der Waals surface area (Å²) in [6.45, 7) is 6.24. The van der Waals surface area contributed by atoms with Crippen molar-refractivity contribution >= 4 is 11.7 Å². The molecule has 0 unspecified atom stereocenters. The predicted molar refractivity (Wildman–Crippen MR) is 127 cm³/mol. The summed E-state index contributed by atoms with van der Waals surface area (Å²) in [5.41, 5.74) is 8.31. The van der Waals surface area contributed by atoms with Gasteiger partial charge in [0.1, 0.15) is 6.61 Å². The van der Waals surface area contributed by atoms with Gasteiger partial charge in [-0.3, -0.25) is 5.41 Å². The third-order valence-corrected chi connectivity index (χ3v) is 5.92. The Bertz CT molecular complexity index is 877. The fourth-order valence-corrected chi connectivity index (χ4v) is 3.88. The molecule has 32 heavy (non-hydrogen) atoms. The zero-order chi connectivity index (χ0) is 22.8. The van der Waals surface area contributed by atoms with Crippen molar-refractivity contribution in [3.8, 4) is 11.4 Å². The second kappa shape index (κ2) is 12.2. The van der Waals surface area contributed by atoms with E-state index in [1.165, 1.54) is 38.5 Å². The number of unbranched alkanes of at least 4 members (excludes halogenated alkanes) is 6. The molecule has 3 N–H and O–H groups in total. The Kier molecular flexibility index (Phi) is 9.07. The second-order valence-electron chi connectivity index (χ2n) is 8.48. The standard InChI is InChI=1S/C24H36N6O2/c1-3-4-5-6-7-8-9-16-31-28-18(2)19-10-12-20(13-11-19)22-27-23(32-29-22)21-14-15-30(17-21)24(25)26/h10-13,21H,3-9,14-17H2,1-2H3,(H3,25,26)/b28-18-/t21-/m1/s1. The number of oxime groups is 1. The SMILES string of the molecule is CCCCCCCCCO/N=C(/C)c1ccc(-c2noc([C@@H]3CCN(C(=N)N)C3)n2)cc1. The lowest BCUT2D eigenvalue weighted by Gasteiger charge is -2.14. The van der Waals surface area contributed by atoms with Crippen LogP contribution in [0.5, 0.6) is 0 Å². The number of benzene rings is 1. The van der Waals surface area contributed by atoms with Crippen LogP contribution in [-0.4, -0.2) is 46.4 Å². The molecule has 0 bridgehead atoms. The van der Waals surface area contributed by atoms with Gasteiger partial charge in [-0.05, 0) is 31.7 Å². The van der Waals surface area contributed by atoms with Crippen molar-refractivity contribution in [3.63, 3.8) is 0 Å². The minimum absolute atomic E-state index is 0.0891. The highest BCUT2D eigenvalue weighted by Gasteiger charge is 2.29. The number of nitrogens with one attached hydrogen (secondary N) is 1. The quantitative estimate of drug-likeness (QED) is 0.210. The third kappa shape index (κ3) is 6.80. The monoisotopic (exact) mass is 440 g/mol. The van der Waals surface area contributed by atoms with Crippen LogP contribution in [0.1, 0.15) is 82.6 Å². The smallest absolute Gasteiger partial charge is 0.231 e. The Balaban J connectivity index is 1.45. The molecule has 1 fully saturated rings. The number of nitrogens with two attached hydrogens (primary N) is 1. The first-order chi connectivity index (χ1) is 15.6. The van der Waals surface area contributed by atoms with E-state index >= 15 is 0 Å². The first kappa shape index (κ1) is 23.8. The maximum atomic E-state index is 7.56. The molecule has 1 aromatic carbocycles. The molecule has 0 aliphatic carbocycles. The topological polar surface area (TPSA) is 114 Å². The van der Waals surface area contributed by atoms with Gasteiger partial charge in [0.15, 0.2) is 5.96 Å². The molecule has 174 valence electrons. The highest BCUT2D eigenvalue weighted by atomic mass is 16.6. The number of nitrogens with zero attached hydrogens (tertiary/aromatic N) is 4. The lowest BCUT2D eigenvalue weighted by atomic mass is 10.1. The molecule has 8 nitrogen and oxygen atoms in total. The summed E-state index contributed by atoms with van der Waals surface area (Å²) in [5, 5.41) is 15.9. The number of hydrogen-bond acceptors (Lipinski definition) is 6. The molecule has 1 aromatic heterocycles. The summed E-state index contributed by atoms with van der Waals surface area (Å²) in [5.74, 6) is 1.37. The zero-order valence-electron chi connectivity index (χ0n) is 19.3. The number of aromatic nitrogens is 2. The lowest BCUT2D eigenvalue weighted by Crippen LogP contribution is -2.34. The van der Waals surface area contributed by atoms with E-state index in [1.807, 2.05) is 36.1 Å². The van der Waals surface area contributed by atoms with E-state index in [0.717, 1.165) is 36.2 Å². The molecule has 8 heteroatoms. The molecule has 2 heterocycles. The van der Waals surface area contributed by atoms with E-state index in [0.29, 0.717) is 24.9 Å². The van der Waals surface area contributed by atoms with E-state index < -0.39 is 0 Å². The van der Waals surface area contributed by atoms with Crippen molar-refractivity contribution in [3.05, 3.63) is 35.7 Å². The van der Waals surface area contributed by atoms with Crippen LogP contribution in [0.2, 0.25) is 0 Å². The second-order valence-corrected chi connectivity index (χ2v) is 8.48. The maximum absolute atomic E-state index is 7.56. The van der Waals surface area contributed by atoms with Gasteiger partial charge in [0, 0.05) is 18.7 Å². The highest BCUT2D eigenvalue weighted by molar-refractivity contribution is 5.98. The first-order valence-corrected chi connectivity index (χ1v) is 11.8. The molecule has 0 saturated carbocycles. The zero-order valence-corrected chi connectivity index (χ0v) is 19.3. The molecular weight excluding hydrogens is 404 g/mol. The fourth-order valence-electron chi connectivity index (χ4n) is 3.88. The highest BCUT2D eigenvalue weighted by Crippen LogP contribution is 2.27. The summed E-state index contributed by atoms with van der Waals surface area (Å²) in [7, 11) is 0. The molecule has 3 rings (SSSR count). The van der Waals surface area contributed by atoms with Crippen LogP contribution in [0, 0.1) is 5.41 Å². The van der Waals surface area contributed by atoms with Gasteiger partial charge in [-0.2, -0.15) is 4.98 Å². The largest absolute Gasteiger partial charge is 0.396 e. The summed E-state index contributed by atoms with van der Waals surface area (Å²) >= 11 is 0. The van der Waals surface area contributed by atoms with Crippen molar-refractivity contribution < 1.29 is 9.36 Å². The number of likely N-dealkylation sites (tertiary alicyclic amines) is 1. The van der Waals surface area contributed by atoms with Crippen LogP contribution < -0.4 is 5.73 Å². The van der Waals surface area contributed by atoms with Gasteiger partial charge in [0.05, 0.1) is 11.6 Å². The number of guanidine groups is 1. The summed E-state index contributed by atoms with van der Waals surface area (Å²) in [6.07, 6.45) is 9.68. The lowest BCUT2D eigenvalue weighted by molar-refractivity contribution is 0.139. The third-order valence-electron chi connectivity index (χ3n) is 5.92. The minimum atomic E-state index is 0.0891. The van der Waals surface area contributed by atoms with Crippen LogP contribution in [0.25, 0.3) is 11.4 Å². The molecule has 0 radical (unpaired) electrons. The van der Waals surface area contributed by atoms with E-state index in [1.54, 1.807) is 0 Å². The first-order valence-electron chi connectivity index (χ1n) is 11.8. The molecule has 1 aliphatic heterocycles. The molecule has 0 amide bonds. The Labute approximate surface area is 190 Å². The van der Waals surface area contributed by atoms with Crippen LogP contribution in [-0.2, 0) is 4.84 Å². The summed E-state index contributed by atoms with van der Waals surface area (Å²) in [6, 6.07) is 7.92.